The van der Waals surface area contributed by atoms with Crippen LogP contribution in [0, 0.1) is 0 Å². The molecule has 0 aliphatic carbocycles. The van der Waals surface area contributed by atoms with Gasteiger partial charge in [0.1, 0.15) is 5.75 Å². The van der Waals surface area contributed by atoms with Gasteiger partial charge >= 0.3 is 0 Å². The molecule has 3 aromatic carbocycles. The molecular formula is C23H21NO3. The zero-order valence-corrected chi connectivity index (χ0v) is 15.3. The Bertz CT molecular complexity index is 854. The molecule has 0 unspecified atom stereocenters. The first-order chi connectivity index (χ1) is 13.1. The van der Waals surface area contributed by atoms with Gasteiger partial charge in [-0.05, 0) is 48.9 Å². The zero-order chi connectivity index (χ0) is 19.2. The summed E-state index contributed by atoms with van der Waals surface area (Å²) in [4.78, 5) is 27.7. The standard InChI is InChI=1S/C23H21NO3/c1-17(18-13-15-21(27-2)16-14-18)24(22(25)19-9-5-3-6-10-19)23(26)20-11-7-4-8-12-20/h3-17H,1-2H3/t17-/m0/s1. The maximum atomic E-state index is 13.2. The van der Waals surface area contributed by atoms with Gasteiger partial charge in [-0.25, -0.2) is 0 Å². The summed E-state index contributed by atoms with van der Waals surface area (Å²) in [7, 11) is 1.60. The van der Waals surface area contributed by atoms with Crippen molar-refractivity contribution >= 4 is 11.8 Å². The Hall–Kier alpha value is -3.40. The number of imide groups is 1. The first-order valence-corrected chi connectivity index (χ1v) is 8.73. The van der Waals surface area contributed by atoms with Crippen molar-refractivity contribution in [2.24, 2.45) is 0 Å². The van der Waals surface area contributed by atoms with Gasteiger partial charge in [-0.1, -0.05) is 48.5 Å². The topological polar surface area (TPSA) is 46.6 Å². The maximum Gasteiger partial charge on any atom is 0.261 e. The van der Waals surface area contributed by atoms with E-state index in [9.17, 15) is 9.59 Å². The van der Waals surface area contributed by atoms with Gasteiger partial charge in [0.15, 0.2) is 0 Å². The average molecular weight is 359 g/mol. The number of amides is 2. The smallest absolute Gasteiger partial charge is 0.261 e. The van der Waals surface area contributed by atoms with Crippen molar-refractivity contribution in [3.05, 3.63) is 102 Å². The highest BCUT2D eigenvalue weighted by Crippen LogP contribution is 2.26. The minimum absolute atomic E-state index is 0.326. The zero-order valence-electron chi connectivity index (χ0n) is 15.3. The van der Waals surface area contributed by atoms with Gasteiger partial charge in [0.2, 0.25) is 0 Å². The van der Waals surface area contributed by atoms with E-state index >= 15 is 0 Å². The summed E-state index contributed by atoms with van der Waals surface area (Å²) in [5.74, 6) is 0.0711. The third-order valence-electron chi connectivity index (χ3n) is 4.46. The van der Waals surface area contributed by atoms with Crippen LogP contribution in [0.5, 0.6) is 5.75 Å². The lowest BCUT2D eigenvalue weighted by Gasteiger charge is -2.28. The Morgan fingerprint density at radius 2 is 1.19 bits per heavy atom. The minimum Gasteiger partial charge on any atom is -0.497 e. The molecule has 1 atom stereocenters. The van der Waals surface area contributed by atoms with Crippen LogP contribution in [0.3, 0.4) is 0 Å². The molecule has 0 radical (unpaired) electrons. The predicted molar refractivity (Wildman–Crippen MR) is 105 cm³/mol. The Balaban J connectivity index is 2.00. The molecule has 136 valence electrons. The fourth-order valence-electron chi connectivity index (χ4n) is 2.92. The molecule has 0 spiro atoms. The SMILES string of the molecule is COc1ccc([C@H](C)N(C(=O)c2ccccc2)C(=O)c2ccccc2)cc1. The van der Waals surface area contributed by atoms with Crippen LogP contribution in [0.4, 0.5) is 0 Å². The molecule has 3 aromatic rings. The van der Waals surface area contributed by atoms with E-state index in [2.05, 4.69) is 0 Å². The number of nitrogens with zero attached hydrogens (tertiary/aromatic N) is 1. The molecular weight excluding hydrogens is 338 g/mol. The van der Waals surface area contributed by atoms with E-state index < -0.39 is 6.04 Å². The van der Waals surface area contributed by atoms with Crippen molar-refractivity contribution in [1.29, 1.82) is 0 Å². The number of rotatable bonds is 5. The fraction of sp³-hybridized carbons (Fsp3) is 0.130. The number of carbonyl (C=O) groups excluding carboxylic acids is 2. The van der Waals surface area contributed by atoms with E-state index in [0.29, 0.717) is 11.1 Å². The molecule has 2 amide bonds. The molecule has 0 saturated carbocycles. The third-order valence-corrected chi connectivity index (χ3v) is 4.46. The van der Waals surface area contributed by atoms with Crippen molar-refractivity contribution in [3.63, 3.8) is 0 Å². The Kier molecular flexibility index (Phi) is 5.67. The summed E-state index contributed by atoms with van der Waals surface area (Å²) in [6.45, 7) is 1.85. The summed E-state index contributed by atoms with van der Waals surface area (Å²) in [6, 6.07) is 24.6. The first kappa shape index (κ1) is 18.4. The van der Waals surface area contributed by atoms with Crippen molar-refractivity contribution in [2.75, 3.05) is 7.11 Å². The van der Waals surface area contributed by atoms with Gasteiger partial charge in [0.25, 0.3) is 11.8 Å². The largest absolute Gasteiger partial charge is 0.497 e. The van der Waals surface area contributed by atoms with Crippen LogP contribution in [-0.2, 0) is 0 Å². The van der Waals surface area contributed by atoms with Gasteiger partial charge < -0.3 is 4.74 Å². The summed E-state index contributed by atoms with van der Waals surface area (Å²) in [6.07, 6.45) is 0. The van der Waals surface area contributed by atoms with E-state index in [1.54, 1.807) is 55.6 Å². The molecule has 0 saturated heterocycles. The second-order valence-electron chi connectivity index (χ2n) is 6.16. The number of methoxy groups -OCH3 is 1. The van der Waals surface area contributed by atoms with Gasteiger partial charge in [0, 0.05) is 11.1 Å². The van der Waals surface area contributed by atoms with Crippen molar-refractivity contribution in [3.8, 4) is 5.75 Å². The number of benzene rings is 3. The highest BCUT2D eigenvalue weighted by atomic mass is 16.5. The molecule has 0 aliphatic heterocycles. The number of ether oxygens (including phenoxy) is 1. The Morgan fingerprint density at radius 3 is 1.59 bits per heavy atom. The highest BCUT2D eigenvalue weighted by molar-refractivity contribution is 6.10. The van der Waals surface area contributed by atoms with Crippen LogP contribution in [0.15, 0.2) is 84.9 Å². The fourth-order valence-corrected chi connectivity index (χ4v) is 2.92. The molecule has 0 aromatic heterocycles. The molecule has 0 heterocycles. The minimum atomic E-state index is -0.434. The highest BCUT2D eigenvalue weighted by Gasteiger charge is 2.29. The summed E-state index contributed by atoms with van der Waals surface area (Å²) >= 11 is 0. The van der Waals surface area contributed by atoms with Gasteiger partial charge in [-0.3, -0.25) is 14.5 Å². The summed E-state index contributed by atoms with van der Waals surface area (Å²) in [5, 5.41) is 0. The van der Waals surface area contributed by atoms with E-state index in [1.165, 1.54) is 4.90 Å². The Labute approximate surface area is 159 Å². The van der Waals surface area contributed by atoms with Gasteiger partial charge in [-0.2, -0.15) is 0 Å². The predicted octanol–water partition coefficient (Wildman–Crippen LogP) is 4.74. The molecule has 0 N–H and O–H groups in total. The maximum absolute atomic E-state index is 13.2. The quantitative estimate of drug-likeness (QED) is 0.618. The molecule has 0 bridgehead atoms. The van der Waals surface area contributed by atoms with Crippen LogP contribution in [0.2, 0.25) is 0 Å². The van der Waals surface area contributed by atoms with Crippen molar-refractivity contribution < 1.29 is 14.3 Å². The molecule has 27 heavy (non-hydrogen) atoms. The first-order valence-electron chi connectivity index (χ1n) is 8.73. The van der Waals surface area contributed by atoms with Crippen molar-refractivity contribution in [2.45, 2.75) is 13.0 Å². The van der Waals surface area contributed by atoms with Crippen molar-refractivity contribution in [1.82, 2.24) is 4.90 Å². The lowest BCUT2D eigenvalue weighted by atomic mass is 10.0. The van der Waals surface area contributed by atoms with Crippen LogP contribution in [-0.4, -0.2) is 23.8 Å². The van der Waals surface area contributed by atoms with E-state index in [1.807, 2.05) is 43.3 Å². The second-order valence-corrected chi connectivity index (χ2v) is 6.16. The van der Waals surface area contributed by atoms with Crippen LogP contribution in [0.1, 0.15) is 39.2 Å². The van der Waals surface area contributed by atoms with Crippen LogP contribution in [0.25, 0.3) is 0 Å². The average Bonchev–Trinajstić information content (AvgIpc) is 2.75. The monoisotopic (exact) mass is 359 g/mol. The molecule has 0 fully saturated rings. The Morgan fingerprint density at radius 1 is 0.741 bits per heavy atom. The van der Waals surface area contributed by atoms with Crippen LogP contribution < -0.4 is 4.74 Å². The normalized spacial score (nSPS) is 11.5. The van der Waals surface area contributed by atoms with Gasteiger partial charge in [0.05, 0.1) is 13.2 Å². The number of carbonyl (C=O) groups is 2. The second kappa shape index (κ2) is 8.32. The lowest BCUT2D eigenvalue weighted by Crippen LogP contribution is -2.39. The third kappa shape index (κ3) is 4.06. The van der Waals surface area contributed by atoms with E-state index in [0.717, 1.165) is 11.3 Å². The van der Waals surface area contributed by atoms with E-state index in [-0.39, 0.29) is 11.8 Å². The van der Waals surface area contributed by atoms with Gasteiger partial charge in [-0.15, -0.1) is 0 Å². The summed E-state index contributed by atoms with van der Waals surface area (Å²) < 4.78 is 5.20. The number of hydrogen-bond donors (Lipinski definition) is 0. The van der Waals surface area contributed by atoms with E-state index in [4.69, 9.17) is 4.74 Å². The summed E-state index contributed by atoms with van der Waals surface area (Å²) in [5.41, 5.74) is 1.80. The molecule has 4 heteroatoms. The molecule has 3 rings (SSSR count). The lowest BCUT2D eigenvalue weighted by molar-refractivity contribution is 0.0555. The number of hydrogen-bond acceptors (Lipinski definition) is 3. The molecule has 0 aliphatic rings. The van der Waals surface area contributed by atoms with Crippen LogP contribution >= 0.6 is 0 Å². The molecule has 4 nitrogen and oxygen atoms in total.